The summed E-state index contributed by atoms with van der Waals surface area (Å²) in [5.74, 6) is 0. The summed E-state index contributed by atoms with van der Waals surface area (Å²) < 4.78 is 3.02. The van der Waals surface area contributed by atoms with E-state index in [4.69, 9.17) is 0 Å². The van der Waals surface area contributed by atoms with Crippen LogP contribution in [0.5, 0.6) is 0 Å². The maximum Gasteiger partial charge on any atom is 0.0844 e. The standard InChI is InChI=1S/C11H12BrNO/c1-7-3-4-8-9(5-7)13(2)10(6-14)11(8)12/h3-5,14H,6H2,1-2H3. The number of aromatic nitrogens is 1. The third-order valence-corrected chi connectivity index (χ3v) is 3.44. The van der Waals surface area contributed by atoms with Crippen molar-refractivity contribution in [3.8, 4) is 0 Å². The quantitative estimate of drug-likeness (QED) is 0.831. The van der Waals surface area contributed by atoms with Crippen LogP contribution in [-0.2, 0) is 13.7 Å². The molecular weight excluding hydrogens is 242 g/mol. The molecule has 14 heavy (non-hydrogen) atoms. The molecule has 0 amide bonds. The van der Waals surface area contributed by atoms with Crippen LogP contribution >= 0.6 is 15.9 Å². The molecular formula is C11H12BrNO. The SMILES string of the molecule is Cc1ccc2c(Br)c(CO)n(C)c2c1. The zero-order chi connectivity index (χ0) is 10.3. The van der Waals surface area contributed by atoms with Crippen LogP contribution in [0.25, 0.3) is 10.9 Å². The normalized spacial score (nSPS) is 11.1. The minimum absolute atomic E-state index is 0.0603. The molecule has 0 radical (unpaired) electrons. The number of hydrogen-bond donors (Lipinski definition) is 1. The molecule has 0 fully saturated rings. The van der Waals surface area contributed by atoms with E-state index >= 15 is 0 Å². The van der Waals surface area contributed by atoms with Crippen molar-refractivity contribution < 1.29 is 5.11 Å². The lowest BCUT2D eigenvalue weighted by atomic mass is 10.2. The molecule has 0 saturated heterocycles. The van der Waals surface area contributed by atoms with Gasteiger partial charge in [-0.2, -0.15) is 0 Å². The van der Waals surface area contributed by atoms with Crippen LogP contribution in [0.3, 0.4) is 0 Å². The molecule has 2 nitrogen and oxygen atoms in total. The third-order valence-electron chi connectivity index (χ3n) is 2.56. The fraction of sp³-hybridized carbons (Fsp3) is 0.273. The topological polar surface area (TPSA) is 25.2 Å². The number of aliphatic hydroxyl groups excluding tert-OH is 1. The zero-order valence-corrected chi connectivity index (χ0v) is 9.80. The number of rotatable bonds is 1. The van der Waals surface area contributed by atoms with Gasteiger partial charge in [0.2, 0.25) is 0 Å². The van der Waals surface area contributed by atoms with Crippen molar-refractivity contribution in [1.29, 1.82) is 0 Å². The highest BCUT2D eigenvalue weighted by Crippen LogP contribution is 2.30. The maximum atomic E-state index is 9.22. The van der Waals surface area contributed by atoms with Gasteiger partial charge >= 0.3 is 0 Å². The lowest BCUT2D eigenvalue weighted by Gasteiger charge is -2.00. The van der Waals surface area contributed by atoms with Gasteiger partial charge in [-0.05, 0) is 34.5 Å². The summed E-state index contributed by atoms with van der Waals surface area (Å²) in [4.78, 5) is 0. The molecule has 2 rings (SSSR count). The van der Waals surface area contributed by atoms with Gasteiger partial charge in [0.1, 0.15) is 0 Å². The fourth-order valence-corrected chi connectivity index (χ4v) is 2.45. The number of fused-ring (bicyclic) bond motifs is 1. The number of nitrogens with zero attached hydrogens (tertiary/aromatic N) is 1. The Bertz CT molecular complexity index is 487. The van der Waals surface area contributed by atoms with Crippen LogP contribution in [0.15, 0.2) is 22.7 Å². The van der Waals surface area contributed by atoms with Gasteiger partial charge in [0.25, 0.3) is 0 Å². The highest BCUT2D eigenvalue weighted by atomic mass is 79.9. The largest absolute Gasteiger partial charge is 0.390 e. The number of halogens is 1. The summed E-state index contributed by atoms with van der Waals surface area (Å²) in [6.45, 7) is 2.13. The predicted molar refractivity (Wildman–Crippen MR) is 61.3 cm³/mol. The van der Waals surface area contributed by atoms with Crippen LogP contribution in [0, 0.1) is 6.92 Å². The first-order valence-corrected chi connectivity index (χ1v) is 5.28. The first-order valence-electron chi connectivity index (χ1n) is 4.49. The van der Waals surface area contributed by atoms with E-state index in [0.717, 1.165) is 21.1 Å². The van der Waals surface area contributed by atoms with E-state index in [2.05, 4.69) is 41.1 Å². The Morgan fingerprint density at radius 1 is 1.43 bits per heavy atom. The van der Waals surface area contributed by atoms with E-state index in [-0.39, 0.29) is 6.61 Å². The minimum Gasteiger partial charge on any atom is -0.390 e. The van der Waals surface area contributed by atoms with Crippen molar-refractivity contribution in [2.45, 2.75) is 13.5 Å². The molecule has 0 bridgehead atoms. The molecule has 1 aromatic carbocycles. The summed E-state index contributed by atoms with van der Waals surface area (Å²) >= 11 is 3.51. The maximum absolute atomic E-state index is 9.22. The van der Waals surface area contributed by atoms with Crippen molar-refractivity contribution in [3.63, 3.8) is 0 Å². The molecule has 2 aromatic rings. The summed E-state index contributed by atoms with van der Waals surface area (Å²) in [5, 5.41) is 10.4. The number of aryl methyl sites for hydroxylation is 2. The Morgan fingerprint density at radius 2 is 2.14 bits per heavy atom. The van der Waals surface area contributed by atoms with E-state index in [1.165, 1.54) is 5.56 Å². The highest BCUT2D eigenvalue weighted by Gasteiger charge is 2.11. The van der Waals surface area contributed by atoms with Crippen molar-refractivity contribution in [2.75, 3.05) is 0 Å². The van der Waals surface area contributed by atoms with Crippen molar-refractivity contribution >= 4 is 26.8 Å². The first-order chi connectivity index (χ1) is 6.65. The Hall–Kier alpha value is -0.800. The minimum atomic E-state index is 0.0603. The molecule has 0 atom stereocenters. The summed E-state index contributed by atoms with van der Waals surface area (Å²) in [5.41, 5.74) is 3.31. The van der Waals surface area contributed by atoms with E-state index in [0.29, 0.717) is 0 Å². The molecule has 1 aromatic heterocycles. The van der Waals surface area contributed by atoms with E-state index in [1.54, 1.807) is 0 Å². The van der Waals surface area contributed by atoms with Crippen molar-refractivity contribution in [1.82, 2.24) is 4.57 Å². The lowest BCUT2D eigenvalue weighted by Crippen LogP contribution is -1.95. The van der Waals surface area contributed by atoms with E-state index in [9.17, 15) is 5.11 Å². The number of aliphatic hydroxyl groups is 1. The highest BCUT2D eigenvalue weighted by molar-refractivity contribution is 9.10. The summed E-state index contributed by atoms with van der Waals surface area (Å²) in [6.07, 6.45) is 0. The Balaban J connectivity index is 2.87. The van der Waals surface area contributed by atoms with E-state index in [1.807, 2.05) is 11.6 Å². The van der Waals surface area contributed by atoms with Crippen LogP contribution in [-0.4, -0.2) is 9.67 Å². The van der Waals surface area contributed by atoms with Crippen molar-refractivity contribution in [2.24, 2.45) is 7.05 Å². The fourth-order valence-electron chi connectivity index (χ4n) is 1.73. The van der Waals surface area contributed by atoms with Gasteiger partial charge in [-0.25, -0.2) is 0 Å². The average molecular weight is 254 g/mol. The Labute approximate surface area is 91.3 Å². The average Bonchev–Trinajstić information content (AvgIpc) is 2.39. The van der Waals surface area contributed by atoms with Gasteiger partial charge in [0, 0.05) is 22.4 Å². The van der Waals surface area contributed by atoms with Crippen molar-refractivity contribution in [3.05, 3.63) is 33.9 Å². The second kappa shape index (κ2) is 3.41. The van der Waals surface area contributed by atoms with Gasteiger partial charge in [-0.1, -0.05) is 12.1 Å². The summed E-state index contributed by atoms with van der Waals surface area (Å²) in [6, 6.07) is 6.28. The monoisotopic (exact) mass is 253 g/mol. The third kappa shape index (κ3) is 1.28. The molecule has 3 heteroatoms. The summed E-state index contributed by atoms with van der Waals surface area (Å²) in [7, 11) is 1.97. The van der Waals surface area contributed by atoms with E-state index < -0.39 is 0 Å². The second-order valence-corrected chi connectivity index (χ2v) is 4.29. The second-order valence-electron chi connectivity index (χ2n) is 3.50. The molecule has 0 aliphatic heterocycles. The molecule has 0 saturated carbocycles. The molecule has 0 spiro atoms. The van der Waals surface area contributed by atoms with Gasteiger partial charge < -0.3 is 9.67 Å². The molecule has 0 aliphatic carbocycles. The van der Waals surface area contributed by atoms with Gasteiger partial charge in [-0.3, -0.25) is 0 Å². The van der Waals surface area contributed by atoms with Gasteiger partial charge in [0.05, 0.1) is 12.3 Å². The predicted octanol–water partition coefficient (Wildman–Crippen LogP) is 2.74. The van der Waals surface area contributed by atoms with Gasteiger partial charge in [0.15, 0.2) is 0 Å². The smallest absolute Gasteiger partial charge is 0.0844 e. The van der Waals surface area contributed by atoms with Crippen LogP contribution < -0.4 is 0 Å². The molecule has 1 N–H and O–H groups in total. The van der Waals surface area contributed by atoms with Crippen LogP contribution in [0.2, 0.25) is 0 Å². The van der Waals surface area contributed by atoms with Crippen LogP contribution in [0.4, 0.5) is 0 Å². The number of hydrogen-bond acceptors (Lipinski definition) is 1. The van der Waals surface area contributed by atoms with Gasteiger partial charge in [-0.15, -0.1) is 0 Å². The molecule has 0 unspecified atom stereocenters. The first kappa shape index (κ1) is 9.74. The Kier molecular flexibility index (Phi) is 2.37. The zero-order valence-electron chi connectivity index (χ0n) is 8.21. The van der Waals surface area contributed by atoms with Crippen LogP contribution in [0.1, 0.15) is 11.3 Å². The number of benzene rings is 1. The lowest BCUT2D eigenvalue weighted by molar-refractivity contribution is 0.272. The molecule has 0 aliphatic rings. The molecule has 74 valence electrons. The Morgan fingerprint density at radius 3 is 2.79 bits per heavy atom. The molecule has 1 heterocycles.